The monoisotopic (exact) mass is 348 g/mol. The predicted molar refractivity (Wildman–Crippen MR) is 93.8 cm³/mol. The number of piperidine rings is 1. The minimum atomic E-state index is -1.19. The summed E-state index contributed by atoms with van der Waals surface area (Å²) in [4.78, 5) is 12.5. The number of aliphatic hydroxyl groups is 3. The molecule has 25 heavy (non-hydrogen) atoms. The number of benzene rings is 1. The van der Waals surface area contributed by atoms with Gasteiger partial charge in [0, 0.05) is 0 Å². The third-order valence-electron chi connectivity index (χ3n) is 5.49. The number of aliphatic hydroxyl groups excluding tert-OH is 3. The van der Waals surface area contributed by atoms with E-state index in [0.29, 0.717) is 5.92 Å². The van der Waals surface area contributed by atoms with Gasteiger partial charge in [0.2, 0.25) is 5.91 Å². The maximum atomic E-state index is 12.5. The van der Waals surface area contributed by atoms with Gasteiger partial charge in [0.25, 0.3) is 0 Å². The summed E-state index contributed by atoms with van der Waals surface area (Å²) in [6, 6.07) is 9.49. The minimum absolute atomic E-state index is 0.158. The Morgan fingerprint density at radius 1 is 1.12 bits per heavy atom. The molecule has 138 valence electrons. The number of rotatable bonds is 5. The normalized spacial score (nSPS) is 35.5. The highest BCUT2D eigenvalue weighted by Gasteiger charge is 2.42. The van der Waals surface area contributed by atoms with E-state index in [1.54, 1.807) is 0 Å². The number of nitrogens with one attached hydrogen (secondary N) is 2. The van der Waals surface area contributed by atoms with Crippen molar-refractivity contribution in [3.8, 4) is 0 Å². The lowest BCUT2D eigenvalue weighted by molar-refractivity contribution is -0.125. The Labute approximate surface area is 148 Å². The van der Waals surface area contributed by atoms with Crippen LogP contribution in [0.3, 0.4) is 0 Å². The van der Waals surface area contributed by atoms with E-state index in [-0.39, 0.29) is 18.4 Å². The van der Waals surface area contributed by atoms with Crippen LogP contribution in [0.15, 0.2) is 30.3 Å². The lowest BCUT2D eigenvalue weighted by atomic mass is 9.87. The molecule has 0 spiro atoms. The van der Waals surface area contributed by atoms with E-state index < -0.39 is 24.4 Å². The summed E-state index contributed by atoms with van der Waals surface area (Å²) in [7, 11) is 0. The Balaban J connectivity index is 1.48. The quantitative estimate of drug-likeness (QED) is 0.514. The zero-order valence-electron chi connectivity index (χ0n) is 14.3. The number of amides is 1. The summed E-state index contributed by atoms with van der Waals surface area (Å²) in [5, 5.41) is 35.1. The van der Waals surface area contributed by atoms with Crippen LogP contribution in [0, 0.1) is 5.92 Å². The molecular formula is C19H28N2O4. The molecule has 3 rings (SSSR count). The summed E-state index contributed by atoms with van der Waals surface area (Å²) in [6.45, 7) is 0.802. The molecule has 2 aliphatic rings. The van der Waals surface area contributed by atoms with Crippen LogP contribution in [0.25, 0.3) is 0 Å². The van der Waals surface area contributed by atoms with Crippen molar-refractivity contribution in [3.63, 3.8) is 0 Å². The molecule has 1 aliphatic carbocycles. The van der Waals surface area contributed by atoms with Gasteiger partial charge in [0.15, 0.2) is 0 Å². The molecule has 2 unspecified atom stereocenters. The number of aryl methyl sites for hydroxylation is 1. The van der Waals surface area contributed by atoms with E-state index >= 15 is 0 Å². The first kappa shape index (κ1) is 18.3. The van der Waals surface area contributed by atoms with Crippen molar-refractivity contribution in [2.45, 2.75) is 62.5 Å². The predicted octanol–water partition coefficient (Wildman–Crippen LogP) is -0.0414. The zero-order chi connectivity index (χ0) is 17.8. The molecule has 2 fully saturated rings. The molecular weight excluding hydrogens is 320 g/mol. The van der Waals surface area contributed by atoms with E-state index in [2.05, 4.69) is 22.8 Å². The van der Waals surface area contributed by atoms with Gasteiger partial charge in [-0.25, -0.2) is 0 Å². The van der Waals surface area contributed by atoms with E-state index in [9.17, 15) is 20.1 Å². The Morgan fingerprint density at radius 3 is 2.56 bits per heavy atom. The first-order chi connectivity index (χ1) is 12.0. The van der Waals surface area contributed by atoms with Crippen LogP contribution < -0.4 is 10.6 Å². The number of hydrogen-bond acceptors (Lipinski definition) is 5. The van der Waals surface area contributed by atoms with Crippen molar-refractivity contribution in [1.82, 2.24) is 10.6 Å². The van der Waals surface area contributed by atoms with Crippen LogP contribution in [-0.4, -0.2) is 58.2 Å². The van der Waals surface area contributed by atoms with Crippen molar-refractivity contribution in [2.75, 3.05) is 6.54 Å². The third-order valence-corrected chi connectivity index (χ3v) is 5.49. The molecule has 1 aromatic rings. The highest BCUT2D eigenvalue weighted by Crippen LogP contribution is 2.24. The van der Waals surface area contributed by atoms with Crippen molar-refractivity contribution < 1.29 is 20.1 Å². The lowest BCUT2D eigenvalue weighted by Gasteiger charge is -2.31. The fourth-order valence-electron chi connectivity index (χ4n) is 3.91. The second-order valence-corrected chi connectivity index (χ2v) is 7.32. The van der Waals surface area contributed by atoms with Crippen molar-refractivity contribution >= 4 is 5.91 Å². The van der Waals surface area contributed by atoms with Crippen molar-refractivity contribution in [1.29, 1.82) is 0 Å². The van der Waals surface area contributed by atoms with Crippen LogP contribution in [-0.2, 0) is 11.2 Å². The average Bonchev–Trinajstić information content (AvgIpc) is 2.88. The van der Waals surface area contributed by atoms with Gasteiger partial charge >= 0.3 is 0 Å². The summed E-state index contributed by atoms with van der Waals surface area (Å²) >= 11 is 0. The number of carbonyl (C=O) groups excluding carboxylic acids is 1. The van der Waals surface area contributed by atoms with Gasteiger partial charge in [-0.2, -0.15) is 0 Å². The van der Waals surface area contributed by atoms with Crippen LogP contribution in [0.5, 0.6) is 0 Å². The number of carbonyl (C=O) groups is 1. The van der Waals surface area contributed by atoms with Gasteiger partial charge in [0.05, 0.1) is 18.2 Å². The Bertz CT molecular complexity index is 568. The van der Waals surface area contributed by atoms with Crippen LogP contribution in [0.1, 0.15) is 31.2 Å². The lowest BCUT2D eigenvalue weighted by Crippen LogP contribution is -2.53. The Kier molecular flexibility index (Phi) is 6.06. The van der Waals surface area contributed by atoms with Gasteiger partial charge in [-0.15, -0.1) is 0 Å². The Hall–Kier alpha value is -1.47. The first-order valence-electron chi connectivity index (χ1n) is 9.16. The molecule has 5 N–H and O–H groups in total. The molecule has 1 aromatic carbocycles. The van der Waals surface area contributed by atoms with Crippen LogP contribution in [0.4, 0.5) is 0 Å². The molecule has 6 atom stereocenters. The van der Waals surface area contributed by atoms with Gasteiger partial charge in [-0.05, 0) is 50.1 Å². The average molecular weight is 348 g/mol. The molecule has 6 nitrogen and oxygen atoms in total. The second kappa shape index (κ2) is 8.27. The zero-order valence-corrected chi connectivity index (χ0v) is 14.3. The van der Waals surface area contributed by atoms with Gasteiger partial charge in [0.1, 0.15) is 12.2 Å². The molecule has 1 saturated carbocycles. The SMILES string of the molecule is O=C(N[C@@H]1C[C@H](O)[C@@H](O)[C@H]1O)C1CC(CCc2ccccc2)CCN1. The molecule has 1 aliphatic heterocycles. The standard InChI is InChI=1S/C19H28N2O4/c22-16-11-14(17(23)18(16)24)21-19(25)15-10-13(8-9-20-15)7-6-12-4-2-1-3-5-12/h1-5,13-18,20,22-24H,6-11H2,(H,21,25)/t13?,14-,15?,16+,17+,18-/m1/s1. The highest BCUT2D eigenvalue weighted by molar-refractivity contribution is 5.82. The van der Waals surface area contributed by atoms with E-state index in [1.165, 1.54) is 5.56 Å². The minimum Gasteiger partial charge on any atom is -0.390 e. The van der Waals surface area contributed by atoms with Gasteiger partial charge < -0.3 is 26.0 Å². The van der Waals surface area contributed by atoms with Crippen LogP contribution in [0.2, 0.25) is 0 Å². The summed E-state index contributed by atoms with van der Waals surface area (Å²) in [5.41, 5.74) is 1.32. The second-order valence-electron chi connectivity index (χ2n) is 7.32. The molecule has 1 saturated heterocycles. The molecule has 0 bridgehead atoms. The topological polar surface area (TPSA) is 102 Å². The van der Waals surface area contributed by atoms with E-state index in [0.717, 1.165) is 32.2 Å². The van der Waals surface area contributed by atoms with Gasteiger partial charge in [-0.1, -0.05) is 30.3 Å². The largest absolute Gasteiger partial charge is 0.390 e. The molecule has 1 amide bonds. The fourth-order valence-corrected chi connectivity index (χ4v) is 3.91. The first-order valence-corrected chi connectivity index (χ1v) is 9.16. The van der Waals surface area contributed by atoms with Gasteiger partial charge in [-0.3, -0.25) is 4.79 Å². The smallest absolute Gasteiger partial charge is 0.237 e. The fraction of sp³-hybridized carbons (Fsp3) is 0.632. The van der Waals surface area contributed by atoms with Crippen LogP contribution >= 0.6 is 0 Å². The molecule has 6 heteroatoms. The molecule has 0 aromatic heterocycles. The van der Waals surface area contributed by atoms with E-state index in [4.69, 9.17) is 0 Å². The maximum absolute atomic E-state index is 12.5. The summed E-state index contributed by atoms with van der Waals surface area (Å²) in [6.07, 6.45) is 0.779. The Morgan fingerprint density at radius 2 is 1.88 bits per heavy atom. The summed E-state index contributed by atoms with van der Waals surface area (Å²) in [5.74, 6) is 0.330. The molecule has 1 heterocycles. The summed E-state index contributed by atoms with van der Waals surface area (Å²) < 4.78 is 0. The maximum Gasteiger partial charge on any atom is 0.237 e. The van der Waals surface area contributed by atoms with Crippen molar-refractivity contribution in [3.05, 3.63) is 35.9 Å². The van der Waals surface area contributed by atoms with Crippen molar-refractivity contribution in [2.24, 2.45) is 5.92 Å². The third kappa shape index (κ3) is 4.58. The number of hydrogen-bond donors (Lipinski definition) is 5. The molecule has 0 radical (unpaired) electrons. The highest BCUT2D eigenvalue weighted by atomic mass is 16.4. The van der Waals surface area contributed by atoms with E-state index in [1.807, 2.05) is 18.2 Å².